The van der Waals surface area contributed by atoms with E-state index in [4.69, 9.17) is 9.52 Å². The van der Waals surface area contributed by atoms with Crippen LogP contribution < -0.4 is 0 Å². The number of hydrogen-bond donors (Lipinski definition) is 1. The van der Waals surface area contributed by atoms with E-state index in [0.717, 1.165) is 11.1 Å². The molecule has 1 heterocycles. The molecule has 94 valence electrons. The van der Waals surface area contributed by atoms with Crippen molar-refractivity contribution < 1.29 is 19.1 Å². The number of hydrogen-bond acceptors (Lipinski definition) is 4. The van der Waals surface area contributed by atoms with E-state index in [1.807, 2.05) is 13.0 Å². The van der Waals surface area contributed by atoms with Crippen LogP contribution in [0.2, 0.25) is 0 Å². The van der Waals surface area contributed by atoms with Gasteiger partial charge in [0, 0.05) is 5.56 Å². The lowest BCUT2D eigenvalue weighted by atomic mass is 10.0. The van der Waals surface area contributed by atoms with Gasteiger partial charge in [-0.1, -0.05) is 6.07 Å². The molecule has 0 aliphatic heterocycles. The Kier molecular flexibility index (Phi) is 3.48. The van der Waals surface area contributed by atoms with Crippen LogP contribution in [0.25, 0.3) is 11.3 Å². The first-order valence-electron chi connectivity index (χ1n) is 5.54. The third-order valence-corrected chi connectivity index (χ3v) is 2.74. The smallest absolute Gasteiger partial charge is 0.337 e. The SMILES string of the molecule is COC(=O)c1ccc(C)c(-c2ccc(CO)o2)c1. The highest BCUT2D eigenvalue weighted by atomic mass is 16.5. The van der Waals surface area contributed by atoms with Crippen molar-refractivity contribution in [2.75, 3.05) is 7.11 Å². The van der Waals surface area contributed by atoms with Crippen molar-refractivity contribution in [2.24, 2.45) is 0 Å². The van der Waals surface area contributed by atoms with E-state index in [1.54, 1.807) is 24.3 Å². The van der Waals surface area contributed by atoms with Crippen LogP contribution in [-0.2, 0) is 11.3 Å². The van der Waals surface area contributed by atoms with E-state index in [0.29, 0.717) is 17.1 Å². The Bertz CT molecular complexity index is 569. The number of aliphatic hydroxyl groups is 1. The van der Waals surface area contributed by atoms with Gasteiger partial charge in [-0.05, 0) is 36.8 Å². The molecular weight excluding hydrogens is 232 g/mol. The second kappa shape index (κ2) is 5.06. The zero-order chi connectivity index (χ0) is 13.1. The summed E-state index contributed by atoms with van der Waals surface area (Å²) in [5.74, 6) is 0.736. The Morgan fingerprint density at radius 3 is 2.72 bits per heavy atom. The molecule has 0 amide bonds. The largest absolute Gasteiger partial charge is 0.465 e. The highest BCUT2D eigenvalue weighted by molar-refractivity contribution is 5.91. The number of ether oxygens (including phenoxy) is 1. The first-order chi connectivity index (χ1) is 8.65. The van der Waals surface area contributed by atoms with Gasteiger partial charge in [-0.25, -0.2) is 4.79 Å². The fourth-order valence-corrected chi connectivity index (χ4v) is 1.74. The minimum absolute atomic E-state index is 0.143. The molecule has 1 aromatic carbocycles. The monoisotopic (exact) mass is 246 g/mol. The summed E-state index contributed by atoms with van der Waals surface area (Å²) in [6.45, 7) is 1.78. The summed E-state index contributed by atoms with van der Waals surface area (Å²) in [6.07, 6.45) is 0. The van der Waals surface area contributed by atoms with Gasteiger partial charge in [-0.3, -0.25) is 0 Å². The number of carbonyl (C=O) groups is 1. The van der Waals surface area contributed by atoms with Crippen LogP contribution >= 0.6 is 0 Å². The highest BCUT2D eigenvalue weighted by Crippen LogP contribution is 2.27. The lowest BCUT2D eigenvalue weighted by Gasteiger charge is -2.05. The first kappa shape index (κ1) is 12.4. The van der Waals surface area contributed by atoms with Crippen molar-refractivity contribution in [2.45, 2.75) is 13.5 Å². The Hall–Kier alpha value is -2.07. The molecule has 0 aliphatic carbocycles. The third-order valence-electron chi connectivity index (χ3n) is 2.74. The highest BCUT2D eigenvalue weighted by Gasteiger charge is 2.12. The summed E-state index contributed by atoms with van der Waals surface area (Å²) in [7, 11) is 1.35. The lowest BCUT2D eigenvalue weighted by molar-refractivity contribution is 0.0601. The maximum absolute atomic E-state index is 11.5. The van der Waals surface area contributed by atoms with E-state index in [-0.39, 0.29) is 12.6 Å². The number of rotatable bonds is 3. The molecule has 0 saturated heterocycles. The van der Waals surface area contributed by atoms with E-state index >= 15 is 0 Å². The lowest BCUT2D eigenvalue weighted by Crippen LogP contribution is -2.01. The molecule has 4 nitrogen and oxygen atoms in total. The van der Waals surface area contributed by atoms with Crippen LogP contribution in [0, 0.1) is 6.92 Å². The molecule has 0 saturated carbocycles. The van der Waals surface area contributed by atoms with Crippen molar-refractivity contribution >= 4 is 5.97 Å². The molecule has 0 unspecified atom stereocenters. The van der Waals surface area contributed by atoms with Crippen molar-refractivity contribution in [1.82, 2.24) is 0 Å². The predicted octanol–water partition coefficient (Wildman–Crippen LogP) is 2.53. The Balaban J connectivity index is 2.45. The molecule has 0 atom stereocenters. The average Bonchev–Trinajstić information content (AvgIpc) is 2.87. The van der Waals surface area contributed by atoms with Gasteiger partial charge in [0.25, 0.3) is 0 Å². The molecule has 0 radical (unpaired) electrons. The minimum atomic E-state index is -0.384. The second-order valence-electron chi connectivity index (χ2n) is 3.95. The summed E-state index contributed by atoms with van der Waals surface area (Å²) in [5, 5.41) is 8.98. The maximum atomic E-state index is 11.5. The summed E-state index contributed by atoms with van der Waals surface area (Å²) in [6, 6.07) is 8.75. The Morgan fingerprint density at radius 1 is 1.33 bits per heavy atom. The summed E-state index contributed by atoms with van der Waals surface area (Å²) in [5.41, 5.74) is 2.28. The van der Waals surface area contributed by atoms with Crippen LogP contribution in [-0.4, -0.2) is 18.2 Å². The normalized spacial score (nSPS) is 10.4. The topological polar surface area (TPSA) is 59.7 Å². The number of aliphatic hydroxyl groups excluding tert-OH is 1. The Morgan fingerprint density at radius 2 is 2.11 bits per heavy atom. The molecule has 2 aromatic rings. The quantitative estimate of drug-likeness (QED) is 0.845. The van der Waals surface area contributed by atoms with Crippen molar-refractivity contribution in [3.63, 3.8) is 0 Å². The number of furan rings is 1. The minimum Gasteiger partial charge on any atom is -0.465 e. The van der Waals surface area contributed by atoms with Gasteiger partial charge in [-0.2, -0.15) is 0 Å². The third kappa shape index (κ3) is 2.28. The molecular formula is C14H14O4. The molecule has 0 bridgehead atoms. The molecule has 0 fully saturated rings. The first-order valence-corrected chi connectivity index (χ1v) is 5.54. The zero-order valence-electron chi connectivity index (χ0n) is 10.3. The fourth-order valence-electron chi connectivity index (χ4n) is 1.74. The predicted molar refractivity (Wildman–Crippen MR) is 66.1 cm³/mol. The average molecular weight is 246 g/mol. The second-order valence-corrected chi connectivity index (χ2v) is 3.95. The van der Waals surface area contributed by atoms with Crippen LogP contribution in [0.3, 0.4) is 0 Å². The van der Waals surface area contributed by atoms with E-state index < -0.39 is 0 Å². The number of aryl methyl sites for hydroxylation is 1. The summed E-state index contributed by atoms with van der Waals surface area (Å²) in [4.78, 5) is 11.5. The van der Waals surface area contributed by atoms with Gasteiger partial charge >= 0.3 is 5.97 Å². The number of benzene rings is 1. The molecule has 0 spiro atoms. The van der Waals surface area contributed by atoms with Crippen LogP contribution in [0.15, 0.2) is 34.7 Å². The molecule has 4 heteroatoms. The Labute approximate surface area is 105 Å². The maximum Gasteiger partial charge on any atom is 0.337 e. The number of methoxy groups -OCH3 is 1. The van der Waals surface area contributed by atoms with Crippen molar-refractivity contribution in [3.05, 3.63) is 47.2 Å². The fraction of sp³-hybridized carbons (Fsp3) is 0.214. The molecule has 0 aliphatic rings. The van der Waals surface area contributed by atoms with Gasteiger partial charge in [0.05, 0.1) is 12.7 Å². The van der Waals surface area contributed by atoms with Gasteiger partial charge < -0.3 is 14.3 Å². The standard InChI is InChI=1S/C14H14O4/c1-9-3-4-10(14(16)17-2)7-12(9)13-6-5-11(8-15)18-13/h3-7,15H,8H2,1-2H3. The van der Waals surface area contributed by atoms with Crippen LogP contribution in [0.1, 0.15) is 21.7 Å². The molecule has 1 aromatic heterocycles. The zero-order valence-corrected chi connectivity index (χ0v) is 10.3. The van der Waals surface area contributed by atoms with Crippen molar-refractivity contribution in [1.29, 1.82) is 0 Å². The van der Waals surface area contributed by atoms with Gasteiger partial charge in [0.2, 0.25) is 0 Å². The summed E-state index contributed by atoms with van der Waals surface area (Å²) >= 11 is 0. The number of carbonyl (C=O) groups excluding carboxylic acids is 1. The van der Waals surface area contributed by atoms with E-state index in [9.17, 15) is 4.79 Å². The van der Waals surface area contributed by atoms with Crippen molar-refractivity contribution in [3.8, 4) is 11.3 Å². The molecule has 1 N–H and O–H groups in total. The van der Waals surface area contributed by atoms with Crippen LogP contribution in [0.4, 0.5) is 0 Å². The van der Waals surface area contributed by atoms with E-state index in [2.05, 4.69) is 4.74 Å². The van der Waals surface area contributed by atoms with Crippen LogP contribution in [0.5, 0.6) is 0 Å². The van der Waals surface area contributed by atoms with Gasteiger partial charge in [-0.15, -0.1) is 0 Å². The van der Waals surface area contributed by atoms with Gasteiger partial charge in [0.1, 0.15) is 18.1 Å². The molecule has 18 heavy (non-hydrogen) atoms. The number of esters is 1. The molecule has 2 rings (SSSR count). The van der Waals surface area contributed by atoms with Gasteiger partial charge in [0.15, 0.2) is 0 Å². The summed E-state index contributed by atoms with van der Waals surface area (Å²) < 4.78 is 10.1. The van der Waals surface area contributed by atoms with E-state index in [1.165, 1.54) is 7.11 Å².